The molecule has 2 amide bonds. The minimum Gasteiger partial charge on any atom is -0.337 e. The lowest BCUT2D eigenvalue weighted by Crippen LogP contribution is -2.48. The molecule has 0 atom stereocenters. The third kappa shape index (κ3) is 4.05. The van der Waals surface area contributed by atoms with Crippen LogP contribution in [0.2, 0.25) is 5.15 Å². The lowest BCUT2D eigenvalue weighted by Gasteiger charge is -2.18. The van der Waals surface area contributed by atoms with Crippen LogP contribution in [0.3, 0.4) is 0 Å². The molecule has 0 unspecified atom stereocenters. The molecule has 2 N–H and O–H groups in total. The van der Waals surface area contributed by atoms with E-state index >= 15 is 0 Å². The van der Waals surface area contributed by atoms with Gasteiger partial charge in [0.1, 0.15) is 10.0 Å². The zero-order chi connectivity index (χ0) is 14.6. The van der Waals surface area contributed by atoms with Crippen molar-refractivity contribution in [3.63, 3.8) is 0 Å². The van der Waals surface area contributed by atoms with Crippen molar-refractivity contribution in [1.29, 1.82) is 0 Å². The fraction of sp³-hybridized carbons (Fsp3) is 0.400. The predicted octanol–water partition coefficient (Wildman–Crippen LogP) is 0.898. The maximum Gasteiger partial charge on any atom is 0.332 e. The van der Waals surface area contributed by atoms with Gasteiger partial charge in [0.05, 0.1) is 0 Å². The number of sulfonamides is 1. The number of urea groups is 1. The second-order valence-corrected chi connectivity index (χ2v) is 5.79. The van der Waals surface area contributed by atoms with Gasteiger partial charge in [0.15, 0.2) is 0 Å². The van der Waals surface area contributed by atoms with Gasteiger partial charge in [-0.2, -0.15) is 0 Å². The molecule has 7 nitrogen and oxygen atoms in total. The Kier molecular flexibility index (Phi) is 5.10. The summed E-state index contributed by atoms with van der Waals surface area (Å²) in [6.45, 7) is 3.76. The number of pyridine rings is 1. The van der Waals surface area contributed by atoms with Gasteiger partial charge >= 0.3 is 6.03 Å². The third-order valence-electron chi connectivity index (χ3n) is 2.19. The number of amides is 2. The molecule has 1 aromatic rings. The minimum atomic E-state index is -3.87. The molecule has 9 heteroatoms. The molecule has 0 aliphatic rings. The van der Waals surface area contributed by atoms with Crippen LogP contribution < -0.4 is 10.1 Å². The number of carbonyl (C=O) groups excluding carboxylic acids is 1. The number of hydrogen-bond acceptors (Lipinski definition) is 4. The lowest BCUT2D eigenvalue weighted by atomic mass is 10.3. The quantitative estimate of drug-likeness (QED) is 0.638. The number of nitrogens with zero attached hydrogens (tertiary/aromatic N) is 2. The highest BCUT2D eigenvalue weighted by Gasteiger charge is 2.20. The number of hydrazine groups is 1. The lowest BCUT2D eigenvalue weighted by molar-refractivity contribution is 0.202. The van der Waals surface area contributed by atoms with Crippen molar-refractivity contribution in [3.05, 3.63) is 23.0 Å². The van der Waals surface area contributed by atoms with Crippen LogP contribution in [0.1, 0.15) is 12.5 Å². The molecule has 0 saturated heterocycles. The first-order valence-electron chi connectivity index (χ1n) is 5.44. The zero-order valence-corrected chi connectivity index (χ0v) is 12.3. The first-order valence-corrected chi connectivity index (χ1v) is 7.30. The van der Waals surface area contributed by atoms with E-state index in [1.165, 1.54) is 13.1 Å². The van der Waals surface area contributed by atoms with Crippen LogP contribution in [0.4, 0.5) is 4.79 Å². The second-order valence-electron chi connectivity index (χ2n) is 3.77. The molecule has 0 aliphatic carbocycles. The molecular formula is C10H15ClN4O3S. The summed E-state index contributed by atoms with van der Waals surface area (Å²) in [5.74, 6) is 0. The van der Waals surface area contributed by atoms with Crippen molar-refractivity contribution >= 4 is 27.7 Å². The Morgan fingerprint density at radius 2 is 2.16 bits per heavy atom. The molecule has 0 radical (unpaired) electrons. The molecule has 106 valence electrons. The van der Waals surface area contributed by atoms with E-state index in [4.69, 9.17) is 11.6 Å². The van der Waals surface area contributed by atoms with Gasteiger partial charge in [0.2, 0.25) is 0 Å². The summed E-state index contributed by atoms with van der Waals surface area (Å²) >= 11 is 5.73. The Morgan fingerprint density at radius 1 is 1.53 bits per heavy atom. The van der Waals surface area contributed by atoms with E-state index in [-0.39, 0.29) is 10.0 Å². The van der Waals surface area contributed by atoms with Crippen LogP contribution in [0.25, 0.3) is 0 Å². The molecule has 1 rings (SSSR count). The first-order chi connectivity index (χ1) is 8.77. The molecule has 1 aromatic heterocycles. The van der Waals surface area contributed by atoms with Crippen molar-refractivity contribution in [2.45, 2.75) is 18.7 Å². The third-order valence-corrected chi connectivity index (χ3v) is 3.94. The topological polar surface area (TPSA) is 91.4 Å². The van der Waals surface area contributed by atoms with E-state index in [1.54, 1.807) is 13.8 Å². The summed E-state index contributed by atoms with van der Waals surface area (Å²) < 4.78 is 24.0. The number of aromatic nitrogens is 1. The molecular weight excluding hydrogens is 292 g/mol. The Balaban J connectivity index is 2.92. The van der Waals surface area contributed by atoms with Gasteiger partial charge in [0.25, 0.3) is 10.0 Å². The van der Waals surface area contributed by atoms with Gasteiger partial charge < -0.3 is 5.32 Å². The van der Waals surface area contributed by atoms with Gasteiger partial charge in [-0.3, -0.25) is 0 Å². The Labute approximate surface area is 117 Å². The average molecular weight is 307 g/mol. The van der Waals surface area contributed by atoms with E-state index in [2.05, 4.69) is 15.1 Å². The molecule has 0 aromatic carbocycles. The molecule has 1 heterocycles. The van der Waals surface area contributed by atoms with Crippen LogP contribution in [0, 0.1) is 6.92 Å². The monoisotopic (exact) mass is 306 g/mol. The van der Waals surface area contributed by atoms with Crippen LogP contribution in [0.15, 0.2) is 17.2 Å². The Hall–Kier alpha value is -1.38. The molecule has 0 spiro atoms. The van der Waals surface area contributed by atoms with E-state index in [9.17, 15) is 13.2 Å². The number of aryl methyl sites for hydroxylation is 1. The van der Waals surface area contributed by atoms with Gasteiger partial charge in [-0.25, -0.2) is 23.2 Å². The number of nitrogens with one attached hydrogen (secondary N) is 2. The van der Waals surface area contributed by atoms with Gasteiger partial charge in [-0.15, -0.1) is 4.83 Å². The summed E-state index contributed by atoms with van der Waals surface area (Å²) in [7, 11) is -2.56. The predicted molar refractivity (Wildman–Crippen MR) is 71.1 cm³/mol. The number of carbonyl (C=O) groups is 1. The summed E-state index contributed by atoms with van der Waals surface area (Å²) in [5, 5.41) is 3.55. The van der Waals surface area contributed by atoms with Crippen LogP contribution >= 0.6 is 11.6 Å². The second kappa shape index (κ2) is 6.18. The smallest absolute Gasteiger partial charge is 0.332 e. The molecule has 0 fully saturated rings. The maximum atomic E-state index is 12.0. The van der Waals surface area contributed by atoms with E-state index in [0.29, 0.717) is 12.1 Å². The van der Waals surface area contributed by atoms with Gasteiger partial charge in [0, 0.05) is 19.8 Å². The van der Waals surface area contributed by atoms with E-state index < -0.39 is 16.1 Å². The fourth-order valence-corrected chi connectivity index (χ4v) is 2.40. The summed E-state index contributed by atoms with van der Waals surface area (Å²) in [4.78, 5) is 17.2. The molecule has 0 saturated carbocycles. The number of hydrogen-bond donors (Lipinski definition) is 2. The van der Waals surface area contributed by atoms with E-state index in [0.717, 1.165) is 11.2 Å². The largest absolute Gasteiger partial charge is 0.337 e. The van der Waals surface area contributed by atoms with Crippen LogP contribution in [-0.4, -0.2) is 38.0 Å². The SMILES string of the molecule is CCNC(=O)N(C)NS(=O)(=O)c1cnc(Cl)c(C)c1. The number of halogens is 1. The highest BCUT2D eigenvalue weighted by molar-refractivity contribution is 7.89. The Morgan fingerprint density at radius 3 is 2.68 bits per heavy atom. The van der Waals surface area contributed by atoms with E-state index in [1.807, 2.05) is 0 Å². The summed E-state index contributed by atoms with van der Waals surface area (Å²) in [6, 6.07) is 0.827. The van der Waals surface area contributed by atoms with Gasteiger partial charge in [-0.05, 0) is 25.5 Å². The molecule has 0 bridgehead atoms. The van der Waals surface area contributed by atoms with Crippen LogP contribution in [0.5, 0.6) is 0 Å². The molecule has 19 heavy (non-hydrogen) atoms. The summed E-state index contributed by atoms with van der Waals surface area (Å²) in [6.07, 6.45) is 1.13. The average Bonchev–Trinajstić information content (AvgIpc) is 2.32. The van der Waals surface area contributed by atoms with Gasteiger partial charge in [-0.1, -0.05) is 11.6 Å². The first kappa shape index (κ1) is 15.7. The minimum absolute atomic E-state index is 0.0643. The van der Waals surface area contributed by atoms with Crippen molar-refractivity contribution in [2.75, 3.05) is 13.6 Å². The van der Waals surface area contributed by atoms with Crippen molar-refractivity contribution in [2.24, 2.45) is 0 Å². The van der Waals surface area contributed by atoms with Crippen molar-refractivity contribution < 1.29 is 13.2 Å². The summed E-state index contributed by atoms with van der Waals surface area (Å²) in [5.41, 5.74) is 0.533. The fourth-order valence-electron chi connectivity index (χ4n) is 1.22. The van der Waals surface area contributed by atoms with Crippen molar-refractivity contribution in [3.8, 4) is 0 Å². The van der Waals surface area contributed by atoms with Crippen LogP contribution in [-0.2, 0) is 10.0 Å². The van der Waals surface area contributed by atoms with Crippen molar-refractivity contribution in [1.82, 2.24) is 20.1 Å². The molecule has 0 aliphatic heterocycles. The maximum absolute atomic E-state index is 12.0. The highest BCUT2D eigenvalue weighted by atomic mass is 35.5. The zero-order valence-electron chi connectivity index (χ0n) is 10.8. The highest BCUT2D eigenvalue weighted by Crippen LogP contribution is 2.16. The normalized spacial score (nSPS) is 11.2. The number of rotatable bonds is 4. The standard InChI is InChI=1S/C10H15ClN4O3S/c1-4-12-10(16)15(3)14-19(17,18)8-5-7(2)9(11)13-6-8/h5-6,14H,4H2,1-3H3,(H,12,16). The Bertz CT molecular complexity index is 576.